The summed E-state index contributed by atoms with van der Waals surface area (Å²) in [5, 5.41) is 10.2. The molecule has 3 aromatic rings. The Bertz CT molecular complexity index is 590. The first kappa shape index (κ1) is 8.49. The summed E-state index contributed by atoms with van der Waals surface area (Å²) in [5.74, 6) is 0.698. The van der Waals surface area contributed by atoms with Crippen molar-refractivity contribution in [3.63, 3.8) is 0 Å². The number of para-hydroxylation sites is 1. The molecule has 0 spiro atoms. The molecule has 0 fully saturated rings. The molecule has 0 atom stereocenters. The number of aromatic nitrogens is 3. The highest BCUT2D eigenvalue weighted by Gasteiger charge is 2.03. The van der Waals surface area contributed by atoms with Crippen molar-refractivity contribution in [2.24, 2.45) is 0 Å². The van der Waals surface area contributed by atoms with Crippen molar-refractivity contribution >= 4 is 22.4 Å². The van der Waals surface area contributed by atoms with Gasteiger partial charge in [-0.25, -0.2) is 4.98 Å². The third-order valence-corrected chi connectivity index (χ3v) is 2.97. The zero-order valence-corrected chi connectivity index (χ0v) is 8.61. The number of benzene rings is 1. The fourth-order valence-corrected chi connectivity index (χ4v) is 2.04. The largest absolute Gasteiger partial charge is 0.224 e. The van der Waals surface area contributed by atoms with Crippen LogP contribution in [0, 0.1) is 0 Å². The molecule has 3 nitrogen and oxygen atoms in total. The molecule has 0 aliphatic carbocycles. The van der Waals surface area contributed by atoms with E-state index in [0.717, 1.165) is 15.9 Å². The average Bonchev–Trinajstić information content (AvgIpc) is 2.82. The third-order valence-electron chi connectivity index (χ3n) is 2.10. The Kier molecular flexibility index (Phi) is 1.93. The molecule has 0 bridgehead atoms. The lowest BCUT2D eigenvalue weighted by Crippen LogP contribution is -1.91. The summed E-state index contributed by atoms with van der Waals surface area (Å²) in [6, 6.07) is 11.7. The van der Waals surface area contributed by atoms with E-state index in [2.05, 4.69) is 15.2 Å². The van der Waals surface area contributed by atoms with E-state index < -0.39 is 0 Å². The molecule has 15 heavy (non-hydrogen) atoms. The molecule has 2 aromatic heterocycles. The molecule has 72 valence electrons. The molecule has 4 heteroatoms. The van der Waals surface area contributed by atoms with Gasteiger partial charge in [-0.15, -0.1) is 21.5 Å². The summed E-state index contributed by atoms with van der Waals surface area (Å²) in [5.41, 5.74) is 1.72. The van der Waals surface area contributed by atoms with Gasteiger partial charge in [0.2, 0.25) is 0 Å². The second kappa shape index (κ2) is 3.40. The molecular formula is C11H7N3S. The summed E-state index contributed by atoms with van der Waals surface area (Å²) in [6.07, 6.45) is 0. The molecule has 0 aliphatic rings. The van der Waals surface area contributed by atoms with E-state index in [-0.39, 0.29) is 0 Å². The SMILES string of the molecule is c1csc(-c2nnc3ccccc3n2)c1. The number of thiophene rings is 1. The average molecular weight is 213 g/mol. The number of hydrogen-bond acceptors (Lipinski definition) is 4. The Balaban J connectivity index is 2.22. The van der Waals surface area contributed by atoms with Crippen LogP contribution in [0.3, 0.4) is 0 Å². The lowest BCUT2D eigenvalue weighted by atomic mass is 10.3. The Labute approximate surface area is 90.4 Å². The van der Waals surface area contributed by atoms with E-state index in [1.807, 2.05) is 41.8 Å². The number of fused-ring (bicyclic) bond motifs is 1. The predicted octanol–water partition coefficient (Wildman–Crippen LogP) is 2.75. The van der Waals surface area contributed by atoms with Crippen LogP contribution < -0.4 is 0 Å². The lowest BCUT2D eigenvalue weighted by Gasteiger charge is -1.97. The molecule has 0 saturated heterocycles. The van der Waals surface area contributed by atoms with Crippen LogP contribution in [0.4, 0.5) is 0 Å². The van der Waals surface area contributed by atoms with Crippen LogP contribution in [0.1, 0.15) is 0 Å². The van der Waals surface area contributed by atoms with E-state index >= 15 is 0 Å². The minimum Gasteiger partial charge on any atom is -0.224 e. The van der Waals surface area contributed by atoms with Crippen LogP contribution in [0.15, 0.2) is 41.8 Å². The van der Waals surface area contributed by atoms with Gasteiger partial charge in [-0.05, 0) is 23.6 Å². The molecule has 2 heterocycles. The highest BCUT2D eigenvalue weighted by molar-refractivity contribution is 7.13. The van der Waals surface area contributed by atoms with Crippen molar-refractivity contribution < 1.29 is 0 Å². The van der Waals surface area contributed by atoms with Gasteiger partial charge in [0, 0.05) is 0 Å². The Hall–Kier alpha value is -1.81. The number of nitrogens with zero attached hydrogens (tertiary/aromatic N) is 3. The zero-order chi connectivity index (χ0) is 10.1. The molecule has 1 aromatic carbocycles. The topological polar surface area (TPSA) is 38.7 Å². The highest BCUT2D eigenvalue weighted by atomic mass is 32.1. The summed E-state index contributed by atoms with van der Waals surface area (Å²) < 4.78 is 0. The van der Waals surface area contributed by atoms with E-state index in [9.17, 15) is 0 Å². The first-order valence-electron chi connectivity index (χ1n) is 4.57. The van der Waals surface area contributed by atoms with Crippen LogP contribution in [-0.2, 0) is 0 Å². The van der Waals surface area contributed by atoms with Crippen LogP contribution in [-0.4, -0.2) is 15.2 Å². The van der Waals surface area contributed by atoms with Crippen LogP contribution >= 0.6 is 11.3 Å². The van der Waals surface area contributed by atoms with Crippen molar-refractivity contribution in [2.45, 2.75) is 0 Å². The number of hydrogen-bond donors (Lipinski definition) is 0. The summed E-state index contributed by atoms with van der Waals surface area (Å²) >= 11 is 1.62. The van der Waals surface area contributed by atoms with Crippen LogP contribution in [0.25, 0.3) is 21.7 Å². The smallest absolute Gasteiger partial charge is 0.192 e. The maximum absolute atomic E-state index is 4.45. The lowest BCUT2D eigenvalue weighted by molar-refractivity contribution is 1.04. The second-order valence-electron chi connectivity index (χ2n) is 3.10. The first-order chi connectivity index (χ1) is 7.43. The van der Waals surface area contributed by atoms with Gasteiger partial charge in [0.25, 0.3) is 0 Å². The molecule has 0 unspecified atom stereocenters. The van der Waals surface area contributed by atoms with E-state index in [1.165, 1.54) is 0 Å². The monoisotopic (exact) mass is 213 g/mol. The van der Waals surface area contributed by atoms with Crippen LogP contribution in [0.2, 0.25) is 0 Å². The third kappa shape index (κ3) is 1.49. The van der Waals surface area contributed by atoms with Crippen molar-refractivity contribution in [3.05, 3.63) is 41.8 Å². The van der Waals surface area contributed by atoms with Crippen molar-refractivity contribution in [2.75, 3.05) is 0 Å². The van der Waals surface area contributed by atoms with E-state index in [1.54, 1.807) is 11.3 Å². The van der Waals surface area contributed by atoms with Gasteiger partial charge in [-0.3, -0.25) is 0 Å². The van der Waals surface area contributed by atoms with Gasteiger partial charge < -0.3 is 0 Å². The maximum Gasteiger partial charge on any atom is 0.192 e. The van der Waals surface area contributed by atoms with E-state index in [0.29, 0.717) is 5.82 Å². The van der Waals surface area contributed by atoms with Gasteiger partial charge >= 0.3 is 0 Å². The first-order valence-corrected chi connectivity index (χ1v) is 5.45. The Morgan fingerprint density at radius 1 is 0.867 bits per heavy atom. The normalized spacial score (nSPS) is 10.7. The number of rotatable bonds is 1. The summed E-state index contributed by atoms with van der Waals surface area (Å²) in [4.78, 5) is 5.50. The van der Waals surface area contributed by atoms with Crippen molar-refractivity contribution in [3.8, 4) is 10.7 Å². The molecule has 0 radical (unpaired) electrons. The second-order valence-corrected chi connectivity index (χ2v) is 4.05. The Morgan fingerprint density at radius 2 is 1.73 bits per heavy atom. The molecule has 0 aliphatic heterocycles. The van der Waals surface area contributed by atoms with Gasteiger partial charge in [-0.2, -0.15) is 0 Å². The Morgan fingerprint density at radius 3 is 2.53 bits per heavy atom. The fourth-order valence-electron chi connectivity index (χ4n) is 1.39. The molecule has 0 amide bonds. The van der Waals surface area contributed by atoms with E-state index in [4.69, 9.17) is 0 Å². The maximum atomic E-state index is 4.45. The van der Waals surface area contributed by atoms with Gasteiger partial charge in [-0.1, -0.05) is 18.2 Å². The molecule has 0 N–H and O–H groups in total. The molecule has 0 saturated carbocycles. The zero-order valence-electron chi connectivity index (χ0n) is 7.79. The molecular weight excluding hydrogens is 206 g/mol. The fraction of sp³-hybridized carbons (Fsp3) is 0. The van der Waals surface area contributed by atoms with Crippen molar-refractivity contribution in [1.29, 1.82) is 0 Å². The predicted molar refractivity (Wildman–Crippen MR) is 60.6 cm³/mol. The standard InChI is InChI=1S/C11H7N3S/c1-2-5-9-8(4-1)12-11(14-13-9)10-6-3-7-15-10/h1-7H. The minimum atomic E-state index is 0.698. The van der Waals surface area contributed by atoms with Gasteiger partial charge in [0.1, 0.15) is 5.52 Å². The summed E-state index contributed by atoms with van der Waals surface area (Å²) in [6.45, 7) is 0. The molecule has 3 rings (SSSR count). The minimum absolute atomic E-state index is 0.698. The van der Waals surface area contributed by atoms with Gasteiger partial charge in [0.05, 0.1) is 10.4 Å². The summed E-state index contributed by atoms with van der Waals surface area (Å²) in [7, 11) is 0. The highest BCUT2D eigenvalue weighted by Crippen LogP contribution is 2.21. The van der Waals surface area contributed by atoms with Crippen molar-refractivity contribution in [1.82, 2.24) is 15.2 Å². The quantitative estimate of drug-likeness (QED) is 0.624. The van der Waals surface area contributed by atoms with Gasteiger partial charge in [0.15, 0.2) is 5.82 Å². The van der Waals surface area contributed by atoms with Crippen LogP contribution in [0.5, 0.6) is 0 Å².